The average molecular weight is 224 g/mol. The number of likely N-dealkylation sites (tertiary alicyclic amines) is 1. The Labute approximate surface area is 98.2 Å². The number of carbonyl (C=O) groups excluding carboxylic acids is 1. The molecule has 2 aliphatic heterocycles. The van der Waals surface area contributed by atoms with E-state index in [9.17, 15) is 4.79 Å². The Bertz CT molecular complexity index is 226. The Kier molecular flexibility index (Phi) is 4.18. The Morgan fingerprint density at radius 2 is 1.88 bits per heavy atom. The predicted molar refractivity (Wildman–Crippen MR) is 64.0 cm³/mol. The minimum Gasteiger partial charge on any atom is -0.330 e. The quantitative estimate of drug-likeness (QED) is 0.683. The number of rotatable bonds is 3. The molecule has 91 valence electrons. The van der Waals surface area contributed by atoms with Crippen LogP contribution >= 0.6 is 0 Å². The molecule has 1 amide bonds. The van der Waals surface area contributed by atoms with Gasteiger partial charge in [0.2, 0.25) is 0 Å². The summed E-state index contributed by atoms with van der Waals surface area (Å²) in [5.41, 5.74) is 0. The predicted octanol–water partition coefficient (Wildman–Crippen LogP) is 0.156. The van der Waals surface area contributed by atoms with Crippen molar-refractivity contribution in [2.24, 2.45) is 0 Å². The van der Waals surface area contributed by atoms with Gasteiger partial charge in [-0.3, -0.25) is 9.69 Å². The normalized spacial score (nSPS) is 29.3. The summed E-state index contributed by atoms with van der Waals surface area (Å²) in [5.74, 6) is 0. The van der Waals surface area contributed by atoms with E-state index in [-0.39, 0.29) is 0 Å². The second-order valence-electron chi connectivity index (χ2n) is 5.04. The minimum absolute atomic E-state index is 0.412. The number of amides is 1. The highest BCUT2D eigenvalue weighted by Crippen LogP contribution is 2.16. The number of hydrogen-bond donors (Lipinski definition) is 0. The lowest BCUT2D eigenvalue weighted by Gasteiger charge is -2.39. The van der Waals surface area contributed by atoms with Crippen LogP contribution in [0.1, 0.15) is 19.3 Å². The van der Waals surface area contributed by atoms with E-state index in [1.54, 1.807) is 0 Å². The van der Waals surface area contributed by atoms with Gasteiger partial charge < -0.3 is 9.80 Å². The van der Waals surface area contributed by atoms with Gasteiger partial charge in [-0.05, 0) is 26.3 Å². The zero-order chi connectivity index (χ0) is 11.4. The van der Waals surface area contributed by atoms with Crippen LogP contribution in [0.4, 0.5) is 0 Å². The third kappa shape index (κ3) is 2.95. The molecule has 2 rings (SSSR count). The van der Waals surface area contributed by atoms with Crippen molar-refractivity contribution in [2.75, 3.05) is 46.3 Å². The summed E-state index contributed by atoms with van der Waals surface area (Å²) in [4.78, 5) is 17.6. The van der Waals surface area contributed by atoms with Crippen molar-refractivity contribution in [3.05, 3.63) is 0 Å². The summed E-state index contributed by atoms with van der Waals surface area (Å²) in [6.45, 7) is 6.53. The highest BCUT2D eigenvalue weighted by molar-refractivity contribution is 5.49. The maximum absolute atomic E-state index is 10.8. The SMILES string of the molecule is CN1CCN(CC2CCCCN2[C]=O)CC1. The van der Waals surface area contributed by atoms with E-state index in [1.165, 1.54) is 6.42 Å². The zero-order valence-corrected chi connectivity index (χ0v) is 10.2. The minimum atomic E-state index is 0.412. The van der Waals surface area contributed by atoms with E-state index < -0.39 is 0 Å². The van der Waals surface area contributed by atoms with Crippen LogP contribution in [0.2, 0.25) is 0 Å². The van der Waals surface area contributed by atoms with Crippen LogP contribution in [0.3, 0.4) is 0 Å². The number of hydrogen-bond acceptors (Lipinski definition) is 3. The molecule has 0 aromatic carbocycles. The summed E-state index contributed by atoms with van der Waals surface area (Å²) in [6.07, 6.45) is 5.66. The van der Waals surface area contributed by atoms with Crippen LogP contribution in [-0.2, 0) is 4.79 Å². The summed E-state index contributed by atoms with van der Waals surface area (Å²) in [6, 6.07) is 0.412. The number of nitrogens with zero attached hydrogens (tertiary/aromatic N) is 3. The summed E-state index contributed by atoms with van der Waals surface area (Å²) < 4.78 is 0. The smallest absolute Gasteiger partial charge is 0.312 e. The average Bonchev–Trinajstić information content (AvgIpc) is 2.33. The molecule has 1 atom stereocenters. The molecule has 2 saturated heterocycles. The van der Waals surface area contributed by atoms with Gasteiger partial charge in [0.1, 0.15) is 0 Å². The molecular weight excluding hydrogens is 202 g/mol. The first-order chi connectivity index (χ1) is 7.79. The molecule has 0 aliphatic carbocycles. The fourth-order valence-corrected chi connectivity index (χ4v) is 2.64. The monoisotopic (exact) mass is 224 g/mol. The molecule has 2 heterocycles. The lowest BCUT2D eigenvalue weighted by atomic mass is 10.0. The molecule has 0 spiro atoms. The van der Waals surface area contributed by atoms with Crippen molar-refractivity contribution in [3.8, 4) is 0 Å². The van der Waals surface area contributed by atoms with Crippen molar-refractivity contribution >= 4 is 6.41 Å². The molecule has 4 nitrogen and oxygen atoms in total. The molecular formula is C12H22N3O. The second-order valence-corrected chi connectivity index (χ2v) is 5.04. The largest absolute Gasteiger partial charge is 0.330 e. The lowest BCUT2D eigenvalue weighted by Crippen LogP contribution is -2.51. The maximum Gasteiger partial charge on any atom is 0.312 e. The van der Waals surface area contributed by atoms with E-state index in [1.807, 2.05) is 4.90 Å². The summed E-state index contributed by atoms with van der Waals surface area (Å²) in [7, 11) is 2.17. The van der Waals surface area contributed by atoms with E-state index in [0.717, 1.165) is 52.1 Å². The van der Waals surface area contributed by atoms with Crippen LogP contribution in [0.25, 0.3) is 0 Å². The van der Waals surface area contributed by atoms with Gasteiger partial charge in [0.05, 0.1) is 0 Å². The molecule has 2 fully saturated rings. The number of piperidine rings is 1. The van der Waals surface area contributed by atoms with Crippen molar-refractivity contribution in [1.29, 1.82) is 0 Å². The Hall–Kier alpha value is -0.610. The fraction of sp³-hybridized carbons (Fsp3) is 0.917. The molecule has 1 radical (unpaired) electrons. The van der Waals surface area contributed by atoms with Crippen molar-refractivity contribution in [1.82, 2.24) is 14.7 Å². The molecule has 0 N–H and O–H groups in total. The van der Waals surface area contributed by atoms with E-state index in [2.05, 4.69) is 23.3 Å². The Morgan fingerprint density at radius 1 is 1.12 bits per heavy atom. The van der Waals surface area contributed by atoms with Gasteiger partial charge in [-0.15, -0.1) is 0 Å². The Balaban J connectivity index is 1.80. The first-order valence-electron chi connectivity index (χ1n) is 6.35. The van der Waals surface area contributed by atoms with Gasteiger partial charge in [-0.1, -0.05) is 0 Å². The molecule has 0 bridgehead atoms. The van der Waals surface area contributed by atoms with Crippen LogP contribution in [0.5, 0.6) is 0 Å². The van der Waals surface area contributed by atoms with Crippen molar-refractivity contribution < 1.29 is 4.79 Å². The van der Waals surface area contributed by atoms with Gasteiger partial charge in [-0.2, -0.15) is 0 Å². The summed E-state index contributed by atoms with van der Waals surface area (Å²) in [5, 5.41) is 0. The second kappa shape index (κ2) is 5.64. The highest BCUT2D eigenvalue weighted by Gasteiger charge is 2.25. The van der Waals surface area contributed by atoms with Crippen molar-refractivity contribution in [2.45, 2.75) is 25.3 Å². The van der Waals surface area contributed by atoms with Crippen LogP contribution in [0.15, 0.2) is 0 Å². The van der Waals surface area contributed by atoms with E-state index in [4.69, 9.17) is 0 Å². The third-order valence-electron chi connectivity index (χ3n) is 3.81. The number of likely N-dealkylation sites (N-methyl/N-ethyl adjacent to an activating group) is 1. The van der Waals surface area contributed by atoms with Gasteiger partial charge in [0.15, 0.2) is 0 Å². The maximum atomic E-state index is 10.8. The van der Waals surface area contributed by atoms with E-state index in [0.29, 0.717) is 6.04 Å². The lowest BCUT2D eigenvalue weighted by molar-refractivity contribution is 0.109. The first kappa shape index (κ1) is 11.9. The molecule has 4 heteroatoms. The highest BCUT2D eigenvalue weighted by atomic mass is 16.1. The Morgan fingerprint density at radius 3 is 2.56 bits per heavy atom. The van der Waals surface area contributed by atoms with Gasteiger partial charge >= 0.3 is 6.41 Å². The van der Waals surface area contributed by atoms with Gasteiger partial charge in [-0.25, -0.2) is 0 Å². The van der Waals surface area contributed by atoms with Crippen molar-refractivity contribution in [3.63, 3.8) is 0 Å². The van der Waals surface area contributed by atoms with Gasteiger partial charge in [0.25, 0.3) is 0 Å². The molecule has 1 unspecified atom stereocenters. The van der Waals surface area contributed by atoms with Crippen LogP contribution in [-0.4, -0.2) is 73.5 Å². The first-order valence-corrected chi connectivity index (χ1v) is 6.35. The van der Waals surface area contributed by atoms with Crippen LogP contribution < -0.4 is 0 Å². The fourth-order valence-electron chi connectivity index (χ4n) is 2.64. The van der Waals surface area contributed by atoms with Gasteiger partial charge in [0, 0.05) is 45.3 Å². The topological polar surface area (TPSA) is 26.8 Å². The molecule has 0 aromatic heterocycles. The third-order valence-corrected chi connectivity index (χ3v) is 3.81. The molecule has 2 aliphatic rings. The van der Waals surface area contributed by atoms with Crippen LogP contribution in [0, 0.1) is 0 Å². The molecule has 16 heavy (non-hydrogen) atoms. The molecule has 0 aromatic rings. The zero-order valence-electron chi connectivity index (χ0n) is 10.2. The number of piperazine rings is 1. The van der Waals surface area contributed by atoms with E-state index >= 15 is 0 Å². The summed E-state index contributed by atoms with van der Waals surface area (Å²) >= 11 is 0. The standard InChI is InChI=1S/C12H22N3O/c1-13-6-8-14(9-7-13)10-12-4-2-3-5-15(12)11-16/h12H,2-10H2,1H3. The molecule has 0 saturated carbocycles.